The van der Waals surface area contributed by atoms with Gasteiger partial charge in [-0.2, -0.15) is 18.9 Å². The number of aliphatic hydroxyl groups excluding tert-OH is 1. The molecular formula is C25H27F2N4O8P. The van der Waals surface area contributed by atoms with Crippen molar-refractivity contribution in [2.24, 2.45) is 0 Å². The Morgan fingerprint density at radius 2 is 1.85 bits per heavy atom. The van der Waals surface area contributed by atoms with Crippen molar-refractivity contribution in [1.82, 2.24) is 14.6 Å². The number of alkyl halides is 2. The molecule has 2 aromatic carbocycles. The van der Waals surface area contributed by atoms with Crippen molar-refractivity contribution in [2.45, 2.75) is 43.9 Å². The van der Waals surface area contributed by atoms with Crippen molar-refractivity contribution in [2.75, 3.05) is 12.3 Å². The molecule has 1 fully saturated rings. The molecule has 15 heteroatoms. The minimum Gasteiger partial charge on any atom is -0.460 e. The van der Waals surface area contributed by atoms with E-state index in [1.54, 1.807) is 48.5 Å². The van der Waals surface area contributed by atoms with Crippen LogP contribution in [0.4, 0.5) is 14.6 Å². The first-order valence-corrected chi connectivity index (χ1v) is 13.6. The highest BCUT2D eigenvalue weighted by atomic mass is 31.2. The summed E-state index contributed by atoms with van der Waals surface area (Å²) in [5.74, 6) is -4.85. The first kappa shape index (κ1) is 29.3. The number of aromatic nitrogens is 2. The third-order valence-corrected chi connectivity index (χ3v) is 7.43. The lowest BCUT2D eigenvalue weighted by atomic mass is 10.1. The van der Waals surface area contributed by atoms with Gasteiger partial charge in [-0.3, -0.25) is 13.9 Å². The average Bonchev–Trinajstić information content (AvgIpc) is 3.15. The van der Waals surface area contributed by atoms with E-state index in [2.05, 4.69) is 10.1 Å². The normalized spacial score (nSPS) is 22.2. The van der Waals surface area contributed by atoms with Gasteiger partial charge in [0.15, 0.2) is 6.10 Å². The lowest BCUT2D eigenvalue weighted by Gasteiger charge is -2.24. The van der Waals surface area contributed by atoms with Crippen LogP contribution in [-0.4, -0.2) is 51.4 Å². The van der Waals surface area contributed by atoms with E-state index in [9.17, 15) is 28.0 Å². The average molecular weight is 580 g/mol. The number of nitrogens with one attached hydrogen (secondary N) is 1. The highest BCUT2D eigenvalue weighted by Crippen LogP contribution is 2.48. The summed E-state index contributed by atoms with van der Waals surface area (Å²) >= 11 is 0. The van der Waals surface area contributed by atoms with Crippen LogP contribution in [0, 0.1) is 0 Å². The number of anilines is 1. The number of benzene rings is 2. The van der Waals surface area contributed by atoms with Gasteiger partial charge < -0.3 is 24.8 Å². The van der Waals surface area contributed by atoms with Gasteiger partial charge in [0.25, 0.3) is 0 Å². The predicted octanol–water partition coefficient (Wildman–Crippen LogP) is 2.64. The van der Waals surface area contributed by atoms with Crippen molar-refractivity contribution in [3.63, 3.8) is 0 Å². The van der Waals surface area contributed by atoms with E-state index in [0.717, 1.165) is 17.8 Å². The molecule has 1 aromatic heterocycles. The van der Waals surface area contributed by atoms with Gasteiger partial charge in [-0.05, 0) is 30.7 Å². The summed E-state index contributed by atoms with van der Waals surface area (Å²) in [5.41, 5.74) is 5.01. The maximum absolute atomic E-state index is 14.9. The van der Waals surface area contributed by atoms with E-state index in [1.807, 2.05) is 0 Å². The van der Waals surface area contributed by atoms with Gasteiger partial charge in [0.1, 0.15) is 30.3 Å². The molecule has 0 aliphatic carbocycles. The topological polar surface area (TPSA) is 164 Å². The molecule has 0 radical (unpaired) electrons. The van der Waals surface area contributed by atoms with E-state index in [-0.39, 0.29) is 18.2 Å². The quantitative estimate of drug-likeness (QED) is 0.226. The van der Waals surface area contributed by atoms with Crippen molar-refractivity contribution in [3.8, 4) is 5.75 Å². The lowest BCUT2D eigenvalue weighted by Crippen LogP contribution is -2.42. The number of ether oxygens (including phenoxy) is 2. The minimum atomic E-state index is -4.46. The maximum Gasteiger partial charge on any atom is 0.459 e. The Balaban J connectivity index is 1.47. The zero-order valence-electron chi connectivity index (χ0n) is 21.1. The minimum absolute atomic E-state index is 0.0473. The molecule has 2 heterocycles. The number of hydrogen-bond donors (Lipinski definition) is 3. The second-order valence-corrected chi connectivity index (χ2v) is 10.5. The second kappa shape index (κ2) is 12.2. The van der Waals surface area contributed by atoms with E-state index >= 15 is 0 Å². The molecule has 4 N–H and O–H groups in total. The number of esters is 1. The number of carbonyl (C=O) groups is 1. The van der Waals surface area contributed by atoms with Gasteiger partial charge in [-0.15, -0.1) is 0 Å². The van der Waals surface area contributed by atoms with Gasteiger partial charge in [0.05, 0.1) is 6.61 Å². The largest absolute Gasteiger partial charge is 0.460 e. The van der Waals surface area contributed by atoms with Gasteiger partial charge in [-0.25, -0.2) is 9.36 Å². The molecule has 4 rings (SSSR count). The Bertz CT molecular complexity index is 1410. The summed E-state index contributed by atoms with van der Waals surface area (Å²) in [6.07, 6.45) is -5.50. The Morgan fingerprint density at radius 3 is 2.50 bits per heavy atom. The Labute approximate surface area is 227 Å². The highest BCUT2D eigenvalue weighted by molar-refractivity contribution is 7.52. The fourth-order valence-electron chi connectivity index (χ4n) is 3.74. The summed E-state index contributed by atoms with van der Waals surface area (Å²) in [7, 11) is -4.46. The molecular weight excluding hydrogens is 553 g/mol. The van der Waals surface area contributed by atoms with Crippen molar-refractivity contribution < 1.29 is 41.8 Å². The van der Waals surface area contributed by atoms with Crippen molar-refractivity contribution >= 4 is 19.5 Å². The van der Waals surface area contributed by atoms with Gasteiger partial charge >= 0.3 is 25.3 Å². The van der Waals surface area contributed by atoms with E-state index < -0.39 is 56.4 Å². The zero-order chi connectivity index (χ0) is 28.9. The zero-order valence-corrected chi connectivity index (χ0v) is 22.0. The highest BCUT2D eigenvalue weighted by Gasteiger charge is 2.60. The molecule has 0 spiro atoms. The number of aliphatic hydroxyl groups is 1. The smallest absolute Gasteiger partial charge is 0.459 e. The van der Waals surface area contributed by atoms with Crippen molar-refractivity contribution in [3.05, 3.63) is 89.0 Å². The Morgan fingerprint density at radius 1 is 1.20 bits per heavy atom. The van der Waals surface area contributed by atoms with Crippen LogP contribution in [-0.2, 0) is 30.0 Å². The van der Waals surface area contributed by atoms with Crippen LogP contribution < -0.4 is 21.0 Å². The lowest BCUT2D eigenvalue weighted by molar-refractivity contribution is -0.146. The Hall–Kier alpha value is -3.68. The Kier molecular flexibility index (Phi) is 8.96. The molecule has 0 amide bonds. The second-order valence-electron chi connectivity index (χ2n) is 8.83. The predicted molar refractivity (Wildman–Crippen MR) is 137 cm³/mol. The SMILES string of the molecule is C[C@H](N[P@](=O)(OC[C@H]1O[C@@H](n2ccc(N)nc2=O)C(F)(F)C1O)Oc1ccccc1)C(=O)OCc1ccccc1. The molecule has 12 nitrogen and oxygen atoms in total. The molecule has 1 saturated heterocycles. The third kappa shape index (κ3) is 6.90. The fourth-order valence-corrected chi connectivity index (χ4v) is 5.24. The molecule has 0 saturated carbocycles. The van der Waals surface area contributed by atoms with Crippen LogP contribution in [0.2, 0.25) is 0 Å². The number of halogens is 2. The molecule has 40 heavy (non-hydrogen) atoms. The van der Waals surface area contributed by atoms with Gasteiger partial charge in [0, 0.05) is 6.20 Å². The maximum atomic E-state index is 14.9. The number of nitrogens with zero attached hydrogens (tertiary/aromatic N) is 2. The molecule has 5 atom stereocenters. The monoisotopic (exact) mass is 580 g/mol. The molecule has 1 aliphatic heterocycles. The van der Waals surface area contributed by atoms with Crippen LogP contribution >= 0.6 is 7.75 Å². The summed E-state index contributed by atoms with van der Waals surface area (Å²) < 4.78 is 65.3. The van der Waals surface area contributed by atoms with Crippen LogP contribution in [0.5, 0.6) is 5.75 Å². The molecule has 3 aromatic rings. The summed E-state index contributed by atoms with van der Waals surface area (Å²) in [5, 5.41) is 12.7. The number of rotatable bonds is 11. The van der Waals surface area contributed by atoms with Crippen LogP contribution in [0.25, 0.3) is 0 Å². The fraction of sp³-hybridized carbons (Fsp3) is 0.320. The molecule has 214 valence electrons. The summed E-state index contributed by atoms with van der Waals surface area (Å²) in [6.45, 7) is 0.435. The van der Waals surface area contributed by atoms with Crippen LogP contribution in [0.3, 0.4) is 0 Å². The van der Waals surface area contributed by atoms with Gasteiger partial charge in [0.2, 0.25) is 6.23 Å². The van der Waals surface area contributed by atoms with Crippen molar-refractivity contribution in [1.29, 1.82) is 0 Å². The molecule has 1 unspecified atom stereocenters. The number of para-hydroxylation sites is 1. The van der Waals surface area contributed by atoms with Crippen LogP contribution in [0.15, 0.2) is 77.7 Å². The van der Waals surface area contributed by atoms with E-state index in [4.69, 9.17) is 24.3 Å². The summed E-state index contributed by atoms with van der Waals surface area (Å²) in [4.78, 5) is 28.1. The summed E-state index contributed by atoms with van der Waals surface area (Å²) in [6, 6.07) is 16.5. The van der Waals surface area contributed by atoms with E-state index in [1.165, 1.54) is 19.1 Å². The molecule has 1 aliphatic rings. The standard InChI is InChI=1S/C25H27F2N4O8P/c1-16(22(33)36-14-17-8-4-2-5-9-17)30-40(35,39-18-10-6-3-7-11-18)37-15-19-21(32)25(26,27)23(38-19)31-13-12-20(28)29-24(31)34/h2-13,16,19,21,23,32H,14-15H2,1H3,(H,30,35)(H2,28,29,34)/t16-,19+,21?,23+,40-/m0/s1. The first-order valence-electron chi connectivity index (χ1n) is 12.0. The third-order valence-electron chi connectivity index (χ3n) is 5.79. The number of carbonyl (C=O) groups excluding carboxylic acids is 1. The van der Waals surface area contributed by atoms with Gasteiger partial charge in [-0.1, -0.05) is 48.5 Å². The van der Waals surface area contributed by atoms with E-state index in [0.29, 0.717) is 4.57 Å². The number of hydrogen-bond acceptors (Lipinski definition) is 10. The molecule has 0 bridgehead atoms. The first-order chi connectivity index (χ1) is 19.0. The van der Waals surface area contributed by atoms with Crippen LogP contribution in [0.1, 0.15) is 18.7 Å². The number of nitrogens with two attached hydrogens (primary N) is 1. The number of nitrogen functional groups attached to an aromatic ring is 1.